The normalized spacial score (nSPS) is 18.0. The molecule has 2 aliphatic heterocycles. The average molecular weight is 436 g/mol. The molecule has 2 aliphatic rings. The van der Waals surface area contributed by atoms with Crippen molar-refractivity contribution in [3.05, 3.63) is 58.5 Å². The number of hydrogen-bond donors (Lipinski definition) is 0. The van der Waals surface area contributed by atoms with Gasteiger partial charge >= 0.3 is 6.09 Å². The van der Waals surface area contributed by atoms with Gasteiger partial charge in [-0.05, 0) is 30.7 Å². The van der Waals surface area contributed by atoms with E-state index in [4.69, 9.17) is 14.4 Å². The first-order valence-electron chi connectivity index (χ1n) is 11.0. The van der Waals surface area contributed by atoms with Gasteiger partial charge in [-0.2, -0.15) is 5.26 Å². The van der Waals surface area contributed by atoms with E-state index in [2.05, 4.69) is 26.8 Å². The summed E-state index contributed by atoms with van der Waals surface area (Å²) >= 11 is 0. The highest BCUT2D eigenvalue weighted by Crippen LogP contribution is 2.35. The van der Waals surface area contributed by atoms with Crippen LogP contribution >= 0.6 is 0 Å². The fourth-order valence-electron chi connectivity index (χ4n) is 4.39. The van der Waals surface area contributed by atoms with E-state index in [1.807, 2.05) is 30.0 Å². The fourth-order valence-corrected chi connectivity index (χ4v) is 4.39. The maximum absolute atomic E-state index is 13.1. The van der Waals surface area contributed by atoms with Crippen molar-refractivity contribution in [1.29, 1.82) is 5.26 Å². The van der Waals surface area contributed by atoms with Crippen molar-refractivity contribution < 1.29 is 18.7 Å². The predicted octanol–water partition coefficient (Wildman–Crippen LogP) is 4.38. The zero-order chi connectivity index (χ0) is 23.1. The molecule has 2 amide bonds. The van der Waals surface area contributed by atoms with Crippen molar-refractivity contribution in [3.8, 4) is 6.07 Å². The lowest BCUT2D eigenvalue weighted by molar-refractivity contribution is 0.00309. The second-order valence-corrected chi connectivity index (χ2v) is 9.84. The van der Waals surface area contributed by atoms with Crippen LogP contribution < -0.4 is 0 Å². The fraction of sp³-hybridized carbons (Fsp3) is 0.480. The van der Waals surface area contributed by atoms with E-state index in [9.17, 15) is 9.59 Å². The van der Waals surface area contributed by atoms with E-state index in [0.29, 0.717) is 55.9 Å². The summed E-state index contributed by atoms with van der Waals surface area (Å²) in [6.07, 6.45) is 0.859. The molecule has 1 aromatic heterocycles. The van der Waals surface area contributed by atoms with E-state index in [1.54, 1.807) is 17.0 Å². The Kier molecular flexibility index (Phi) is 5.49. The molecule has 0 bridgehead atoms. The second-order valence-electron chi connectivity index (χ2n) is 9.84. The molecule has 7 nitrogen and oxygen atoms in total. The van der Waals surface area contributed by atoms with E-state index >= 15 is 0 Å². The van der Waals surface area contributed by atoms with Gasteiger partial charge < -0.3 is 14.1 Å². The number of nitriles is 1. The summed E-state index contributed by atoms with van der Waals surface area (Å²) < 4.78 is 11.6. The molecular formula is C25H29N3O4. The van der Waals surface area contributed by atoms with Crippen LogP contribution in [0.15, 0.2) is 34.7 Å². The molecule has 4 rings (SSSR count). The molecule has 168 valence electrons. The van der Waals surface area contributed by atoms with Crippen LogP contribution in [-0.4, -0.2) is 47.0 Å². The lowest BCUT2D eigenvalue weighted by Gasteiger charge is -2.37. The second kappa shape index (κ2) is 8.01. The Labute approximate surface area is 188 Å². The number of likely N-dealkylation sites (tertiary alicyclic amines) is 1. The molecule has 2 saturated heterocycles. The molecule has 0 radical (unpaired) electrons. The Balaban J connectivity index is 1.40. The van der Waals surface area contributed by atoms with Crippen molar-refractivity contribution >= 4 is 12.0 Å². The van der Waals surface area contributed by atoms with Crippen molar-refractivity contribution in [3.63, 3.8) is 0 Å². The van der Waals surface area contributed by atoms with Crippen LogP contribution in [-0.2, 0) is 16.7 Å². The number of piperidine rings is 1. The lowest BCUT2D eigenvalue weighted by atomic mass is 9.90. The number of amides is 2. The maximum atomic E-state index is 13.1. The third-order valence-electron chi connectivity index (χ3n) is 6.32. The first kappa shape index (κ1) is 21.9. The van der Waals surface area contributed by atoms with E-state index in [-0.39, 0.29) is 17.4 Å². The van der Waals surface area contributed by atoms with Gasteiger partial charge in [0.15, 0.2) is 0 Å². The lowest BCUT2D eigenvalue weighted by Crippen LogP contribution is -2.48. The molecule has 1 spiro atoms. The molecule has 3 heterocycles. The number of rotatable bonds is 3. The van der Waals surface area contributed by atoms with Gasteiger partial charge in [-0.15, -0.1) is 0 Å². The largest absolute Gasteiger partial charge is 0.465 e. The minimum absolute atomic E-state index is 0.0360. The third kappa shape index (κ3) is 4.22. The Morgan fingerprint density at radius 1 is 1.22 bits per heavy atom. The van der Waals surface area contributed by atoms with Crippen LogP contribution in [0.1, 0.15) is 66.6 Å². The molecule has 0 saturated carbocycles. The van der Waals surface area contributed by atoms with Gasteiger partial charge in [0.25, 0.3) is 5.91 Å². The first-order valence-corrected chi connectivity index (χ1v) is 11.0. The number of furan rings is 1. The Hall–Kier alpha value is -3.27. The van der Waals surface area contributed by atoms with E-state index in [0.717, 1.165) is 11.3 Å². The smallest absolute Gasteiger partial charge is 0.410 e. The first-order chi connectivity index (χ1) is 15.1. The number of carbonyl (C=O) groups is 2. The predicted molar refractivity (Wildman–Crippen MR) is 118 cm³/mol. The van der Waals surface area contributed by atoms with Crippen molar-refractivity contribution in [2.45, 2.75) is 58.1 Å². The summed E-state index contributed by atoms with van der Waals surface area (Å²) in [6, 6.07) is 11.2. The summed E-state index contributed by atoms with van der Waals surface area (Å²) in [5.41, 5.74) is 1.34. The Bertz CT molecular complexity index is 1080. The minimum Gasteiger partial charge on any atom is -0.465 e. The number of aryl methyl sites for hydroxylation is 1. The molecule has 2 aromatic rings. The molecule has 1 aromatic carbocycles. The van der Waals surface area contributed by atoms with Crippen LogP contribution in [0.4, 0.5) is 4.79 Å². The summed E-state index contributed by atoms with van der Waals surface area (Å²) in [7, 11) is 0. The molecule has 32 heavy (non-hydrogen) atoms. The van der Waals surface area contributed by atoms with Gasteiger partial charge in [0.2, 0.25) is 0 Å². The molecule has 0 aliphatic carbocycles. The highest BCUT2D eigenvalue weighted by atomic mass is 16.6. The number of nitrogens with zero attached hydrogens (tertiary/aromatic N) is 3. The highest BCUT2D eigenvalue weighted by Gasteiger charge is 2.47. The van der Waals surface area contributed by atoms with Gasteiger partial charge in [-0.1, -0.05) is 32.9 Å². The number of ether oxygens (including phenoxy) is 1. The minimum atomic E-state index is -0.567. The van der Waals surface area contributed by atoms with Crippen LogP contribution in [0.25, 0.3) is 0 Å². The summed E-state index contributed by atoms with van der Waals surface area (Å²) in [4.78, 5) is 29.2. The molecule has 2 fully saturated rings. The van der Waals surface area contributed by atoms with Gasteiger partial charge in [0, 0.05) is 37.9 Å². The highest BCUT2D eigenvalue weighted by molar-refractivity contribution is 5.95. The SMILES string of the molecule is Cc1oc(C(C)(C)C)cc1C(=O)N1CCC2(CC1)CN(Cc1cccc(C#N)c1)C(=O)O2. The van der Waals surface area contributed by atoms with Crippen LogP contribution in [0.5, 0.6) is 0 Å². The molecule has 0 N–H and O–H groups in total. The average Bonchev–Trinajstić information content (AvgIpc) is 3.28. The molecule has 0 unspecified atom stereocenters. The Morgan fingerprint density at radius 3 is 2.56 bits per heavy atom. The third-order valence-corrected chi connectivity index (χ3v) is 6.32. The summed E-state index contributed by atoms with van der Waals surface area (Å²) in [6.45, 7) is 9.94. The van der Waals surface area contributed by atoms with Gasteiger partial charge in [-0.3, -0.25) is 9.69 Å². The Morgan fingerprint density at radius 2 is 1.94 bits per heavy atom. The molecular weight excluding hydrogens is 406 g/mol. The summed E-state index contributed by atoms with van der Waals surface area (Å²) in [5.74, 6) is 1.40. The standard InChI is InChI=1S/C25H29N3O4/c1-17-20(13-21(31-17)24(2,3)4)22(29)27-10-8-25(9-11-27)16-28(23(30)32-25)15-19-7-5-6-18(12-19)14-26/h5-7,12-13H,8-11,15-16H2,1-4H3. The van der Waals surface area contributed by atoms with Crippen molar-refractivity contribution in [2.75, 3.05) is 19.6 Å². The number of benzene rings is 1. The number of carbonyl (C=O) groups excluding carboxylic acids is 2. The zero-order valence-corrected chi connectivity index (χ0v) is 19.1. The molecule has 7 heteroatoms. The van der Waals surface area contributed by atoms with E-state index < -0.39 is 5.60 Å². The van der Waals surface area contributed by atoms with Gasteiger partial charge in [-0.25, -0.2) is 4.79 Å². The maximum Gasteiger partial charge on any atom is 0.410 e. The quantitative estimate of drug-likeness (QED) is 0.714. The molecule has 0 atom stereocenters. The monoisotopic (exact) mass is 435 g/mol. The number of hydrogen-bond acceptors (Lipinski definition) is 5. The summed E-state index contributed by atoms with van der Waals surface area (Å²) in [5, 5.41) is 9.09. The van der Waals surface area contributed by atoms with Gasteiger partial charge in [0.05, 0.1) is 23.7 Å². The van der Waals surface area contributed by atoms with Crippen LogP contribution in [0, 0.1) is 18.3 Å². The van der Waals surface area contributed by atoms with Crippen LogP contribution in [0.3, 0.4) is 0 Å². The zero-order valence-electron chi connectivity index (χ0n) is 19.1. The van der Waals surface area contributed by atoms with E-state index in [1.165, 1.54) is 0 Å². The van der Waals surface area contributed by atoms with Crippen molar-refractivity contribution in [1.82, 2.24) is 9.80 Å². The van der Waals surface area contributed by atoms with Crippen LogP contribution in [0.2, 0.25) is 0 Å². The van der Waals surface area contributed by atoms with Crippen molar-refractivity contribution in [2.24, 2.45) is 0 Å². The van der Waals surface area contributed by atoms with Gasteiger partial charge in [0.1, 0.15) is 17.1 Å². The topological polar surface area (TPSA) is 86.8 Å².